The highest BCUT2D eigenvalue weighted by Gasteiger charge is 2.34. The average molecular weight is 476 g/mol. The number of nitrogens with zero attached hydrogens (tertiary/aromatic N) is 3. The van der Waals surface area contributed by atoms with Crippen LogP contribution in [0.1, 0.15) is 67.0 Å². The van der Waals surface area contributed by atoms with Gasteiger partial charge in [-0.15, -0.1) is 0 Å². The first-order valence-corrected chi connectivity index (χ1v) is 11.2. The number of carbonyl (C=O) groups excluding carboxylic acids is 1. The fourth-order valence-electron chi connectivity index (χ4n) is 4.12. The van der Waals surface area contributed by atoms with Gasteiger partial charge in [-0.2, -0.15) is 0 Å². The summed E-state index contributed by atoms with van der Waals surface area (Å²) in [5, 5.41) is 12.4. The van der Waals surface area contributed by atoms with Crippen LogP contribution in [0.15, 0.2) is 18.5 Å². The molecule has 1 fully saturated rings. The van der Waals surface area contributed by atoms with E-state index in [1.54, 1.807) is 26.2 Å². The number of anilines is 1. The van der Waals surface area contributed by atoms with Crippen LogP contribution in [0, 0.1) is 12.7 Å². The van der Waals surface area contributed by atoms with Crippen molar-refractivity contribution in [1.29, 1.82) is 0 Å². The Kier molecular flexibility index (Phi) is 6.20. The number of nitrogen functional groups attached to an aromatic ring is 1. The van der Waals surface area contributed by atoms with E-state index in [2.05, 4.69) is 15.3 Å². The Balaban J connectivity index is 1.87. The number of hydrogen-bond donors (Lipinski definition) is 3. The number of hydrogen-bond acceptors (Lipinski definition) is 6. The number of halogens is 2. The fourth-order valence-corrected chi connectivity index (χ4v) is 4.33. The molecule has 2 aromatic heterocycles. The molecule has 4 N–H and O–H groups in total. The molecule has 4 rings (SSSR count). The van der Waals surface area contributed by atoms with E-state index in [9.17, 15) is 9.90 Å². The van der Waals surface area contributed by atoms with Crippen molar-refractivity contribution in [1.82, 2.24) is 19.7 Å². The summed E-state index contributed by atoms with van der Waals surface area (Å²) in [7, 11) is 0. The van der Waals surface area contributed by atoms with Crippen LogP contribution in [0.3, 0.4) is 0 Å². The van der Waals surface area contributed by atoms with Crippen LogP contribution in [0.2, 0.25) is 5.02 Å². The summed E-state index contributed by atoms with van der Waals surface area (Å²) in [4.78, 5) is 21.9. The van der Waals surface area contributed by atoms with Crippen LogP contribution in [0.5, 0.6) is 5.75 Å². The molecule has 0 saturated heterocycles. The predicted molar refractivity (Wildman–Crippen MR) is 123 cm³/mol. The molecule has 3 aromatic rings. The lowest BCUT2D eigenvalue weighted by molar-refractivity contribution is 0.0444. The summed E-state index contributed by atoms with van der Waals surface area (Å²) >= 11 is 6.25. The number of carbonyl (C=O) groups is 1. The van der Waals surface area contributed by atoms with Crippen LogP contribution in [-0.2, 0) is 0 Å². The summed E-state index contributed by atoms with van der Waals surface area (Å²) in [5.74, 6) is -0.917. The molecule has 33 heavy (non-hydrogen) atoms. The number of nitrogens with two attached hydrogens (primary N) is 1. The molecule has 176 valence electrons. The van der Waals surface area contributed by atoms with Gasteiger partial charge < -0.3 is 20.9 Å². The van der Waals surface area contributed by atoms with Crippen LogP contribution >= 0.6 is 11.6 Å². The zero-order valence-corrected chi connectivity index (χ0v) is 19.7. The lowest BCUT2D eigenvalue weighted by Gasteiger charge is -2.33. The molecule has 1 saturated carbocycles. The maximum absolute atomic E-state index is 15.2. The van der Waals surface area contributed by atoms with Gasteiger partial charge in [0.15, 0.2) is 5.82 Å². The van der Waals surface area contributed by atoms with Gasteiger partial charge in [-0.1, -0.05) is 18.5 Å². The van der Waals surface area contributed by atoms with E-state index in [0.29, 0.717) is 41.3 Å². The standard InChI is InChI=1S/C23H27ClFN5O3/c1-10(2)33-20-13(11(3)22-28-12(4)19-21(26)27-7-8-30(19)22)9-14(24)18(25)17(20)23(32)29-15-5-6-16(15)31/h7-11,15-16,31H,5-6H2,1-4H3,(H2,26,27)(H,29,32)/t11-,15+,16+/m0/s1. The Hall–Kier alpha value is -2.91. The molecule has 0 bridgehead atoms. The van der Waals surface area contributed by atoms with Crippen molar-refractivity contribution < 1.29 is 19.0 Å². The normalized spacial score (nSPS) is 18.9. The quantitative estimate of drug-likeness (QED) is 0.501. The fraction of sp³-hybridized carbons (Fsp3) is 0.435. The predicted octanol–water partition coefficient (Wildman–Crippen LogP) is 3.60. The number of nitrogens with one attached hydrogen (secondary N) is 1. The minimum absolute atomic E-state index is 0.0992. The van der Waals surface area contributed by atoms with Gasteiger partial charge in [0.05, 0.1) is 29.0 Å². The number of aryl methyl sites for hydroxylation is 1. The first kappa shape index (κ1) is 23.3. The SMILES string of the molecule is Cc1nc([C@@H](C)c2cc(Cl)c(F)c(C(=O)N[C@@H]3CC[C@H]3O)c2OC(C)C)n2ccnc(N)c12. The highest BCUT2D eigenvalue weighted by Crippen LogP contribution is 2.40. The van der Waals surface area contributed by atoms with Crippen molar-refractivity contribution in [3.63, 3.8) is 0 Å². The van der Waals surface area contributed by atoms with Crippen molar-refractivity contribution in [2.24, 2.45) is 0 Å². The smallest absolute Gasteiger partial charge is 0.258 e. The zero-order valence-electron chi connectivity index (χ0n) is 18.9. The Labute approximate surface area is 195 Å². The molecule has 0 spiro atoms. The number of aromatic nitrogens is 3. The van der Waals surface area contributed by atoms with Gasteiger partial charge in [0.1, 0.15) is 28.5 Å². The number of benzene rings is 1. The number of imidazole rings is 1. The molecule has 8 nitrogen and oxygen atoms in total. The molecular formula is C23H27ClFN5O3. The summed E-state index contributed by atoms with van der Waals surface area (Å²) in [6.45, 7) is 7.29. The molecule has 3 atom stereocenters. The molecular weight excluding hydrogens is 449 g/mol. The lowest BCUT2D eigenvalue weighted by atomic mass is 9.88. The monoisotopic (exact) mass is 475 g/mol. The minimum Gasteiger partial charge on any atom is -0.490 e. The molecule has 1 aromatic carbocycles. The third kappa shape index (κ3) is 4.11. The van der Waals surface area contributed by atoms with E-state index in [1.165, 1.54) is 6.07 Å². The first-order chi connectivity index (χ1) is 15.6. The zero-order chi connectivity index (χ0) is 24.0. The Bertz CT molecular complexity index is 1230. The molecule has 0 radical (unpaired) electrons. The summed E-state index contributed by atoms with van der Waals surface area (Å²) in [5.41, 5.74) is 7.65. The second kappa shape index (κ2) is 8.79. The molecule has 1 aliphatic rings. The van der Waals surface area contributed by atoms with E-state index in [-0.39, 0.29) is 22.4 Å². The Morgan fingerprint density at radius 3 is 2.73 bits per heavy atom. The Morgan fingerprint density at radius 2 is 2.12 bits per heavy atom. The maximum Gasteiger partial charge on any atom is 0.258 e. The molecule has 2 heterocycles. The van der Waals surface area contributed by atoms with Crippen molar-refractivity contribution in [3.05, 3.63) is 51.9 Å². The second-order valence-electron chi connectivity index (χ2n) is 8.67. The van der Waals surface area contributed by atoms with E-state index in [1.807, 2.05) is 18.2 Å². The van der Waals surface area contributed by atoms with E-state index >= 15 is 4.39 Å². The van der Waals surface area contributed by atoms with Gasteiger partial charge in [0.2, 0.25) is 0 Å². The number of fused-ring (bicyclic) bond motifs is 1. The highest BCUT2D eigenvalue weighted by molar-refractivity contribution is 6.31. The average Bonchev–Trinajstić information content (AvgIpc) is 3.10. The van der Waals surface area contributed by atoms with E-state index in [4.69, 9.17) is 22.1 Å². The topological polar surface area (TPSA) is 115 Å². The van der Waals surface area contributed by atoms with Gasteiger partial charge >= 0.3 is 0 Å². The summed E-state index contributed by atoms with van der Waals surface area (Å²) in [6, 6.07) is 1.04. The van der Waals surface area contributed by atoms with Gasteiger partial charge in [0.25, 0.3) is 5.91 Å². The maximum atomic E-state index is 15.2. The number of aliphatic hydroxyl groups is 1. The number of amides is 1. The van der Waals surface area contributed by atoms with Gasteiger partial charge in [-0.3, -0.25) is 9.20 Å². The molecule has 0 aliphatic heterocycles. The van der Waals surface area contributed by atoms with Crippen LogP contribution in [0.4, 0.5) is 10.2 Å². The number of rotatable bonds is 6. The van der Waals surface area contributed by atoms with E-state index < -0.39 is 29.8 Å². The third-order valence-electron chi connectivity index (χ3n) is 5.97. The number of ether oxygens (including phenoxy) is 1. The van der Waals surface area contributed by atoms with Crippen molar-refractivity contribution >= 4 is 28.8 Å². The molecule has 1 aliphatic carbocycles. The molecule has 10 heteroatoms. The highest BCUT2D eigenvalue weighted by atomic mass is 35.5. The van der Waals surface area contributed by atoms with Gasteiger partial charge in [-0.05, 0) is 39.7 Å². The molecule has 1 amide bonds. The van der Waals surface area contributed by atoms with Crippen molar-refractivity contribution in [2.75, 3.05) is 5.73 Å². The van der Waals surface area contributed by atoms with Crippen LogP contribution in [0.25, 0.3) is 5.52 Å². The summed E-state index contributed by atoms with van der Waals surface area (Å²) in [6.07, 6.45) is 3.54. The van der Waals surface area contributed by atoms with Crippen molar-refractivity contribution in [3.8, 4) is 5.75 Å². The van der Waals surface area contributed by atoms with Gasteiger partial charge in [-0.25, -0.2) is 14.4 Å². The van der Waals surface area contributed by atoms with Crippen LogP contribution < -0.4 is 15.8 Å². The van der Waals surface area contributed by atoms with Crippen molar-refractivity contribution in [2.45, 2.75) is 64.7 Å². The number of aliphatic hydroxyl groups excluding tert-OH is 1. The third-order valence-corrected chi connectivity index (χ3v) is 6.25. The molecule has 0 unspecified atom stereocenters. The minimum atomic E-state index is -0.868. The second-order valence-corrected chi connectivity index (χ2v) is 9.07. The van der Waals surface area contributed by atoms with Gasteiger partial charge in [0, 0.05) is 23.9 Å². The van der Waals surface area contributed by atoms with E-state index in [0.717, 1.165) is 0 Å². The largest absolute Gasteiger partial charge is 0.490 e. The summed E-state index contributed by atoms with van der Waals surface area (Å²) < 4.78 is 23.0. The first-order valence-electron chi connectivity index (χ1n) is 10.9. The van der Waals surface area contributed by atoms with Crippen LogP contribution in [-0.4, -0.2) is 43.6 Å². The Morgan fingerprint density at radius 1 is 1.39 bits per heavy atom. The lowest BCUT2D eigenvalue weighted by Crippen LogP contribution is -2.50.